The number of phenolic OH excluding ortho intramolecular Hbond substituents is 1. The minimum atomic E-state index is 0.348. The van der Waals surface area contributed by atoms with E-state index < -0.39 is 0 Å². The summed E-state index contributed by atoms with van der Waals surface area (Å²) in [5.74, 6) is 0.348. The van der Waals surface area contributed by atoms with Crippen LogP contribution < -0.4 is 0 Å². The van der Waals surface area contributed by atoms with Gasteiger partial charge >= 0.3 is 0 Å². The first kappa shape index (κ1) is 16.3. The fraction of sp³-hybridized carbons (Fsp3) is 0.647. The number of aromatic hydroxyl groups is 1. The van der Waals surface area contributed by atoms with Gasteiger partial charge in [-0.25, -0.2) is 0 Å². The maximum atomic E-state index is 9.34. The fourth-order valence-corrected chi connectivity index (χ4v) is 2.87. The third-order valence-corrected chi connectivity index (χ3v) is 4.36. The number of hydrogen-bond donors (Lipinski definition) is 1. The molecule has 4 heteroatoms. The average Bonchev–Trinajstić information content (AvgIpc) is 2.48. The Kier molecular flexibility index (Phi) is 6.03. The zero-order chi connectivity index (χ0) is 15.2. The third-order valence-electron chi connectivity index (χ3n) is 4.36. The Labute approximate surface area is 129 Å². The number of piperazine rings is 1. The van der Waals surface area contributed by atoms with Crippen molar-refractivity contribution in [3.05, 3.63) is 29.8 Å². The van der Waals surface area contributed by atoms with Gasteiger partial charge in [0, 0.05) is 45.3 Å². The van der Waals surface area contributed by atoms with Gasteiger partial charge in [0.15, 0.2) is 0 Å². The quantitative estimate of drug-likeness (QED) is 0.860. The molecular formula is C17H29N3O. The lowest BCUT2D eigenvalue weighted by atomic mass is 10.1. The summed E-state index contributed by atoms with van der Waals surface area (Å²) in [6.45, 7) is 9.29. The van der Waals surface area contributed by atoms with Gasteiger partial charge in [-0.15, -0.1) is 0 Å². The average molecular weight is 291 g/mol. The first-order valence-corrected chi connectivity index (χ1v) is 7.93. The normalized spacial score (nSPS) is 19.0. The molecule has 2 rings (SSSR count). The van der Waals surface area contributed by atoms with Crippen LogP contribution in [-0.4, -0.2) is 79.2 Å². The summed E-state index contributed by atoms with van der Waals surface area (Å²) < 4.78 is 0. The zero-order valence-electron chi connectivity index (χ0n) is 13.6. The zero-order valence-corrected chi connectivity index (χ0v) is 13.6. The van der Waals surface area contributed by atoms with Crippen LogP contribution in [0.2, 0.25) is 0 Å². The molecule has 1 aliphatic heterocycles. The Morgan fingerprint density at radius 1 is 1.10 bits per heavy atom. The van der Waals surface area contributed by atoms with Crippen LogP contribution in [0.5, 0.6) is 5.75 Å². The highest BCUT2D eigenvalue weighted by molar-refractivity contribution is 5.26. The SMILES string of the molecule is CC(Cc1ccc(O)cc1)N1CCN(CCN(C)C)CC1. The van der Waals surface area contributed by atoms with Crippen molar-refractivity contribution in [1.29, 1.82) is 0 Å². The molecule has 0 radical (unpaired) electrons. The van der Waals surface area contributed by atoms with E-state index in [0.717, 1.165) is 26.1 Å². The Morgan fingerprint density at radius 2 is 1.71 bits per heavy atom. The molecule has 0 aromatic heterocycles. The minimum Gasteiger partial charge on any atom is -0.508 e. The van der Waals surface area contributed by atoms with Crippen molar-refractivity contribution in [1.82, 2.24) is 14.7 Å². The Bertz CT molecular complexity index is 411. The van der Waals surface area contributed by atoms with Crippen LogP contribution >= 0.6 is 0 Å². The highest BCUT2D eigenvalue weighted by Crippen LogP contribution is 2.14. The Balaban J connectivity index is 1.75. The number of phenols is 1. The van der Waals surface area contributed by atoms with Crippen LogP contribution in [0.4, 0.5) is 0 Å². The molecule has 1 aliphatic rings. The van der Waals surface area contributed by atoms with E-state index >= 15 is 0 Å². The second-order valence-electron chi connectivity index (χ2n) is 6.40. The van der Waals surface area contributed by atoms with Crippen LogP contribution in [-0.2, 0) is 6.42 Å². The van der Waals surface area contributed by atoms with Gasteiger partial charge in [-0.2, -0.15) is 0 Å². The summed E-state index contributed by atoms with van der Waals surface area (Å²) in [7, 11) is 4.27. The molecule has 1 atom stereocenters. The molecule has 1 aromatic rings. The third kappa shape index (κ3) is 5.30. The molecule has 1 N–H and O–H groups in total. The number of nitrogens with zero attached hydrogens (tertiary/aromatic N) is 3. The molecule has 0 saturated carbocycles. The van der Waals surface area contributed by atoms with E-state index in [1.807, 2.05) is 12.1 Å². The second kappa shape index (κ2) is 7.78. The van der Waals surface area contributed by atoms with Gasteiger partial charge in [0.2, 0.25) is 0 Å². The van der Waals surface area contributed by atoms with Crippen LogP contribution in [0.1, 0.15) is 12.5 Å². The minimum absolute atomic E-state index is 0.348. The Hall–Kier alpha value is -1.10. The largest absolute Gasteiger partial charge is 0.508 e. The summed E-state index contributed by atoms with van der Waals surface area (Å²) in [5, 5.41) is 9.34. The van der Waals surface area contributed by atoms with Crippen molar-refractivity contribution in [3.8, 4) is 5.75 Å². The van der Waals surface area contributed by atoms with Gasteiger partial charge in [0.1, 0.15) is 5.75 Å². The van der Waals surface area contributed by atoms with Crippen molar-refractivity contribution in [2.24, 2.45) is 0 Å². The molecular weight excluding hydrogens is 262 g/mol. The van der Waals surface area contributed by atoms with Gasteiger partial charge < -0.3 is 10.0 Å². The van der Waals surface area contributed by atoms with Crippen LogP contribution in [0.3, 0.4) is 0 Å². The molecule has 1 fully saturated rings. The molecule has 1 aromatic carbocycles. The van der Waals surface area contributed by atoms with Crippen molar-refractivity contribution < 1.29 is 5.11 Å². The summed E-state index contributed by atoms with van der Waals surface area (Å²) in [6, 6.07) is 8.17. The smallest absolute Gasteiger partial charge is 0.115 e. The number of benzene rings is 1. The maximum absolute atomic E-state index is 9.34. The molecule has 1 unspecified atom stereocenters. The first-order valence-electron chi connectivity index (χ1n) is 7.93. The lowest BCUT2D eigenvalue weighted by molar-refractivity contribution is 0.0975. The van der Waals surface area contributed by atoms with E-state index in [1.165, 1.54) is 25.2 Å². The molecule has 1 saturated heterocycles. The lowest BCUT2D eigenvalue weighted by Gasteiger charge is -2.38. The van der Waals surface area contributed by atoms with Crippen molar-refractivity contribution in [3.63, 3.8) is 0 Å². The van der Waals surface area contributed by atoms with Gasteiger partial charge in [-0.3, -0.25) is 9.80 Å². The molecule has 0 spiro atoms. The van der Waals surface area contributed by atoms with E-state index in [2.05, 4.69) is 35.7 Å². The van der Waals surface area contributed by atoms with Gasteiger partial charge in [-0.05, 0) is 45.1 Å². The highest BCUT2D eigenvalue weighted by Gasteiger charge is 2.20. The summed E-state index contributed by atoms with van der Waals surface area (Å²) >= 11 is 0. The molecule has 0 bridgehead atoms. The second-order valence-corrected chi connectivity index (χ2v) is 6.40. The molecule has 21 heavy (non-hydrogen) atoms. The molecule has 0 aliphatic carbocycles. The van der Waals surface area contributed by atoms with Gasteiger partial charge in [0.25, 0.3) is 0 Å². The van der Waals surface area contributed by atoms with Crippen molar-refractivity contribution >= 4 is 0 Å². The van der Waals surface area contributed by atoms with E-state index in [4.69, 9.17) is 0 Å². The van der Waals surface area contributed by atoms with Crippen molar-refractivity contribution in [2.45, 2.75) is 19.4 Å². The first-order chi connectivity index (χ1) is 10.0. The standard InChI is InChI=1S/C17H29N3O/c1-15(14-16-4-6-17(21)7-5-16)20-12-10-19(11-13-20)9-8-18(2)3/h4-7,15,21H,8-14H2,1-3H3. The van der Waals surface area contributed by atoms with Crippen LogP contribution in [0, 0.1) is 0 Å². The maximum Gasteiger partial charge on any atom is 0.115 e. The summed E-state index contributed by atoms with van der Waals surface area (Å²) in [4.78, 5) is 7.39. The topological polar surface area (TPSA) is 30.0 Å². The van der Waals surface area contributed by atoms with Crippen molar-refractivity contribution in [2.75, 3.05) is 53.4 Å². The van der Waals surface area contributed by atoms with Gasteiger partial charge in [-0.1, -0.05) is 12.1 Å². The highest BCUT2D eigenvalue weighted by atomic mass is 16.3. The molecule has 1 heterocycles. The number of hydrogen-bond acceptors (Lipinski definition) is 4. The Morgan fingerprint density at radius 3 is 2.29 bits per heavy atom. The molecule has 4 nitrogen and oxygen atoms in total. The number of likely N-dealkylation sites (N-methyl/N-ethyl adjacent to an activating group) is 1. The van der Waals surface area contributed by atoms with Crippen LogP contribution in [0.15, 0.2) is 24.3 Å². The monoisotopic (exact) mass is 291 g/mol. The summed E-state index contributed by atoms with van der Waals surface area (Å²) in [6.07, 6.45) is 1.05. The van der Waals surface area contributed by atoms with E-state index in [9.17, 15) is 5.11 Å². The predicted molar refractivity (Wildman–Crippen MR) is 87.8 cm³/mol. The van der Waals surface area contributed by atoms with Crippen LogP contribution in [0.25, 0.3) is 0 Å². The summed E-state index contributed by atoms with van der Waals surface area (Å²) in [5.41, 5.74) is 1.30. The van der Waals surface area contributed by atoms with Gasteiger partial charge in [0.05, 0.1) is 0 Å². The lowest BCUT2D eigenvalue weighted by Crippen LogP contribution is -2.51. The fourth-order valence-electron chi connectivity index (χ4n) is 2.87. The predicted octanol–water partition coefficient (Wildman–Crippen LogP) is 1.50. The number of rotatable bonds is 6. The van der Waals surface area contributed by atoms with E-state index in [-0.39, 0.29) is 0 Å². The molecule has 118 valence electrons. The van der Waals surface area contributed by atoms with E-state index in [0.29, 0.717) is 11.8 Å². The van der Waals surface area contributed by atoms with E-state index in [1.54, 1.807) is 12.1 Å². The molecule has 0 amide bonds.